The number of carbonyl (C=O) groups excluding carboxylic acids is 1. The molecule has 0 saturated carbocycles. The monoisotopic (exact) mass is 410 g/mol. The fraction of sp³-hybridized carbons (Fsp3) is 0.409. The SMILES string of the molecule is Cc1ccc(-c2n[nH]c(=S)n2CCC(=O)N2CCCCC[C@H]2c2ccco2)cc1. The summed E-state index contributed by atoms with van der Waals surface area (Å²) in [5.74, 6) is 1.77. The number of likely N-dealkylation sites (tertiary alicyclic amines) is 1. The largest absolute Gasteiger partial charge is 0.467 e. The van der Waals surface area contributed by atoms with Crippen LogP contribution in [0.15, 0.2) is 47.1 Å². The first kappa shape index (κ1) is 19.6. The summed E-state index contributed by atoms with van der Waals surface area (Å²) in [6.07, 6.45) is 6.29. The van der Waals surface area contributed by atoms with Crippen LogP contribution in [0, 0.1) is 11.7 Å². The van der Waals surface area contributed by atoms with Crippen molar-refractivity contribution < 1.29 is 9.21 Å². The third kappa shape index (κ3) is 4.34. The molecule has 1 aromatic carbocycles. The van der Waals surface area contributed by atoms with Crippen LogP contribution >= 0.6 is 12.2 Å². The number of hydrogen-bond acceptors (Lipinski definition) is 4. The Morgan fingerprint density at radius 2 is 2.07 bits per heavy atom. The molecule has 0 bridgehead atoms. The average Bonchev–Trinajstić information content (AvgIpc) is 3.31. The van der Waals surface area contributed by atoms with Crippen LogP contribution in [0.4, 0.5) is 0 Å². The molecule has 2 aromatic heterocycles. The molecule has 1 fully saturated rings. The lowest BCUT2D eigenvalue weighted by molar-refractivity contribution is -0.134. The van der Waals surface area contributed by atoms with Crippen molar-refractivity contribution in [3.05, 3.63) is 58.8 Å². The molecule has 0 unspecified atom stereocenters. The topological polar surface area (TPSA) is 67.1 Å². The molecule has 3 aromatic rings. The molecule has 1 aliphatic rings. The van der Waals surface area contributed by atoms with Gasteiger partial charge in [0.25, 0.3) is 0 Å². The molecule has 0 radical (unpaired) electrons. The molecule has 1 aliphatic heterocycles. The van der Waals surface area contributed by atoms with Crippen LogP contribution in [-0.2, 0) is 11.3 Å². The number of carbonyl (C=O) groups is 1. The van der Waals surface area contributed by atoms with Crippen molar-refractivity contribution in [2.24, 2.45) is 0 Å². The summed E-state index contributed by atoms with van der Waals surface area (Å²) in [6.45, 7) is 3.32. The highest BCUT2D eigenvalue weighted by Gasteiger charge is 2.28. The van der Waals surface area contributed by atoms with Crippen LogP contribution in [0.2, 0.25) is 0 Å². The molecule has 0 aliphatic carbocycles. The third-order valence-corrected chi connectivity index (χ3v) is 5.87. The van der Waals surface area contributed by atoms with Gasteiger partial charge in [0.15, 0.2) is 10.6 Å². The Hall–Kier alpha value is -2.67. The summed E-state index contributed by atoms with van der Waals surface area (Å²) in [6, 6.07) is 12.0. The molecule has 152 valence electrons. The van der Waals surface area contributed by atoms with E-state index in [1.807, 2.05) is 45.9 Å². The van der Waals surface area contributed by atoms with Gasteiger partial charge in [-0.15, -0.1) is 0 Å². The normalized spacial score (nSPS) is 17.3. The molecule has 4 rings (SSSR count). The maximum atomic E-state index is 13.2. The Morgan fingerprint density at radius 1 is 1.24 bits per heavy atom. The molecular formula is C22H26N4O2S. The van der Waals surface area contributed by atoms with Crippen molar-refractivity contribution in [1.29, 1.82) is 0 Å². The lowest BCUT2D eigenvalue weighted by Crippen LogP contribution is -2.35. The number of aromatic nitrogens is 3. The Morgan fingerprint density at radius 3 is 2.83 bits per heavy atom. The Balaban J connectivity index is 1.51. The van der Waals surface area contributed by atoms with Gasteiger partial charge in [-0.3, -0.25) is 14.5 Å². The highest BCUT2D eigenvalue weighted by Crippen LogP contribution is 2.31. The Labute approximate surface area is 175 Å². The lowest BCUT2D eigenvalue weighted by Gasteiger charge is -2.29. The van der Waals surface area contributed by atoms with Gasteiger partial charge in [0.2, 0.25) is 5.91 Å². The fourth-order valence-electron chi connectivity index (χ4n) is 3.98. The van der Waals surface area contributed by atoms with E-state index in [-0.39, 0.29) is 11.9 Å². The van der Waals surface area contributed by atoms with Crippen molar-refractivity contribution >= 4 is 18.1 Å². The predicted octanol–water partition coefficient (Wildman–Crippen LogP) is 5.04. The molecule has 1 saturated heterocycles. The van der Waals surface area contributed by atoms with E-state index in [0.717, 1.165) is 49.4 Å². The highest BCUT2D eigenvalue weighted by molar-refractivity contribution is 7.71. The minimum Gasteiger partial charge on any atom is -0.467 e. The van der Waals surface area contributed by atoms with Gasteiger partial charge in [-0.25, -0.2) is 0 Å². The predicted molar refractivity (Wildman–Crippen MR) is 114 cm³/mol. The van der Waals surface area contributed by atoms with E-state index in [9.17, 15) is 4.79 Å². The van der Waals surface area contributed by atoms with Gasteiger partial charge < -0.3 is 9.32 Å². The molecular weight excluding hydrogens is 384 g/mol. The van der Waals surface area contributed by atoms with Crippen molar-refractivity contribution in [3.8, 4) is 11.4 Å². The van der Waals surface area contributed by atoms with E-state index in [4.69, 9.17) is 16.6 Å². The molecule has 0 spiro atoms. The van der Waals surface area contributed by atoms with Gasteiger partial charge in [-0.1, -0.05) is 42.7 Å². The van der Waals surface area contributed by atoms with Crippen LogP contribution in [0.25, 0.3) is 11.4 Å². The molecule has 7 heteroatoms. The van der Waals surface area contributed by atoms with Crippen molar-refractivity contribution in [2.45, 2.75) is 51.6 Å². The third-order valence-electron chi connectivity index (χ3n) is 5.56. The van der Waals surface area contributed by atoms with Crippen LogP contribution in [0.1, 0.15) is 49.5 Å². The summed E-state index contributed by atoms with van der Waals surface area (Å²) >= 11 is 5.42. The summed E-state index contributed by atoms with van der Waals surface area (Å²) in [4.78, 5) is 15.1. The maximum Gasteiger partial charge on any atom is 0.224 e. The molecule has 3 heterocycles. The second-order valence-electron chi connectivity index (χ2n) is 7.59. The van der Waals surface area contributed by atoms with E-state index in [2.05, 4.69) is 17.1 Å². The van der Waals surface area contributed by atoms with E-state index < -0.39 is 0 Å². The Bertz CT molecular complexity index is 1000. The number of H-pyrrole nitrogens is 1. The molecule has 1 N–H and O–H groups in total. The molecule has 29 heavy (non-hydrogen) atoms. The summed E-state index contributed by atoms with van der Waals surface area (Å²) in [5, 5.41) is 7.25. The zero-order chi connectivity index (χ0) is 20.2. The lowest BCUT2D eigenvalue weighted by atomic mass is 10.1. The zero-order valence-corrected chi connectivity index (χ0v) is 17.5. The van der Waals surface area contributed by atoms with Gasteiger partial charge in [0.1, 0.15) is 5.76 Å². The van der Waals surface area contributed by atoms with E-state index >= 15 is 0 Å². The number of amides is 1. The summed E-state index contributed by atoms with van der Waals surface area (Å²) in [7, 11) is 0. The fourth-order valence-corrected chi connectivity index (χ4v) is 4.21. The standard InChI is InChI=1S/C22H26N4O2S/c1-16-8-10-17(11-9-16)21-23-24-22(29)26(21)14-12-20(27)25-13-4-2-3-6-18(25)19-7-5-15-28-19/h5,7-11,15,18H,2-4,6,12-14H2,1H3,(H,24,29)/t18-/m0/s1. The first-order chi connectivity index (χ1) is 14.1. The first-order valence-corrected chi connectivity index (χ1v) is 10.6. The minimum absolute atomic E-state index is 0.0221. The number of benzene rings is 1. The number of aryl methyl sites for hydroxylation is 1. The molecule has 6 nitrogen and oxygen atoms in total. The number of hydrogen-bond donors (Lipinski definition) is 1. The summed E-state index contributed by atoms with van der Waals surface area (Å²) in [5.41, 5.74) is 2.17. The van der Waals surface area contributed by atoms with Gasteiger partial charge in [-0.05, 0) is 44.1 Å². The second-order valence-corrected chi connectivity index (χ2v) is 7.97. The van der Waals surface area contributed by atoms with Crippen molar-refractivity contribution in [3.63, 3.8) is 0 Å². The number of rotatable bonds is 5. The number of nitrogens with one attached hydrogen (secondary N) is 1. The van der Waals surface area contributed by atoms with Crippen LogP contribution in [0.3, 0.4) is 0 Å². The Kier molecular flexibility index (Phi) is 5.94. The van der Waals surface area contributed by atoms with E-state index in [1.165, 1.54) is 5.56 Å². The number of nitrogens with zero attached hydrogens (tertiary/aromatic N) is 3. The quantitative estimate of drug-likeness (QED) is 0.598. The van der Waals surface area contributed by atoms with Crippen LogP contribution in [0.5, 0.6) is 0 Å². The average molecular weight is 411 g/mol. The van der Waals surface area contributed by atoms with Gasteiger partial charge in [0.05, 0.1) is 12.3 Å². The molecule has 1 atom stereocenters. The second kappa shape index (κ2) is 8.78. The smallest absolute Gasteiger partial charge is 0.224 e. The zero-order valence-electron chi connectivity index (χ0n) is 16.6. The molecule has 1 amide bonds. The van der Waals surface area contributed by atoms with Gasteiger partial charge in [0, 0.05) is 25.1 Å². The van der Waals surface area contributed by atoms with Crippen molar-refractivity contribution in [2.75, 3.05) is 6.54 Å². The van der Waals surface area contributed by atoms with Crippen molar-refractivity contribution in [1.82, 2.24) is 19.7 Å². The van der Waals surface area contributed by atoms with Gasteiger partial charge >= 0.3 is 0 Å². The van der Waals surface area contributed by atoms with E-state index in [1.54, 1.807) is 6.26 Å². The van der Waals surface area contributed by atoms with E-state index in [0.29, 0.717) is 17.7 Å². The first-order valence-electron chi connectivity index (χ1n) is 10.2. The number of furan rings is 1. The summed E-state index contributed by atoms with van der Waals surface area (Å²) < 4.78 is 8.08. The van der Waals surface area contributed by atoms with Crippen LogP contribution in [-0.4, -0.2) is 32.1 Å². The number of aromatic amines is 1. The maximum absolute atomic E-state index is 13.2. The van der Waals surface area contributed by atoms with Crippen LogP contribution < -0.4 is 0 Å². The highest BCUT2D eigenvalue weighted by atomic mass is 32.1. The minimum atomic E-state index is 0.0221. The van der Waals surface area contributed by atoms with Gasteiger partial charge in [-0.2, -0.15) is 5.10 Å².